The van der Waals surface area contributed by atoms with E-state index < -0.39 is 6.10 Å². The van der Waals surface area contributed by atoms with Gasteiger partial charge in [-0.25, -0.2) is 4.98 Å². The van der Waals surface area contributed by atoms with Crippen molar-refractivity contribution in [1.82, 2.24) is 10.3 Å². The molecule has 0 fully saturated rings. The number of hydrogen-bond acceptors (Lipinski definition) is 6. The minimum atomic E-state index is -0.428. The van der Waals surface area contributed by atoms with Crippen LogP contribution in [0.15, 0.2) is 0 Å². The van der Waals surface area contributed by atoms with Crippen molar-refractivity contribution in [2.75, 3.05) is 24.1 Å². The fourth-order valence-corrected chi connectivity index (χ4v) is 2.14. The van der Waals surface area contributed by atoms with Gasteiger partial charge in [-0.05, 0) is 19.3 Å². The van der Waals surface area contributed by atoms with Crippen LogP contribution in [0.25, 0.3) is 0 Å². The summed E-state index contributed by atoms with van der Waals surface area (Å²) in [6, 6.07) is 0. The normalized spacial score (nSPS) is 12.5. The van der Waals surface area contributed by atoms with Gasteiger partial charge in [0.25, 0.3) is 5.91 Å². The standard InChI is InChI=1S/C12H22N4O2S/c1-7(2)6-15-12-16-10(13)9(19-12)11(18)14-5-4-8(3)17/h7-8,17H,4-6,13H2,1-3H3,(H,14,18)(H,15,16). The van der Waals surface area contributed by atoms with E-state index in [0.29, 0.717) is 28.9 Å². The number of nitrogens with two attached hydrogens (primary N) is 1. The smallest absolute Gasteiger partial charge is 0.265 e. The number of rotatable bonds is 7. The Balaban J connectivity index is 2.55. The topological polar surface area (TPSA) is 100 Å². The molecular weight excluding hydrogens is 264 g/mol. The van der Waals surface area contributed by atoms with Crippen LogP contribution in [-0.4, -0.2) is 35.2 Å². The van der Waals surface area contributed by atoms with Crippen LogP contribution in [0.3, 0.4) is 0 Å². The van der Waals surface area contributed by atoms with Crippen molar-refractivity contribution in [3.05, 3.63) is 4.88 Å². The highest BCUT2D eigenvalue weighted by Gasteiger charge is 2.15. The highest BCUT2D eigenvalue weighted by molar-refractivity contribution is 7.18. The molecule has 19 heavy (non-hydrogen) atoms. The van der Waals surface area contributed by atoms with E-state index in [1.165, 1.54) is 11.3 Å². The molecule has 5 N–H and O–H groups in total. The summed E-state index contributed by atoms with van der Waals surface area (Å²) in [5, 5.41) is 15.6. The summed E-state index contributed by atoms with van der Waals surface area (Å²) in [5.74, 6) is 0.493. The highest BCUT2D eigenvalue weighted by Crippen LogP contribution is 2.24. The second-order valence-electron chi connectivity index (χ2n) is 4.90. The Bertz CT molecular complexity index is 418. The van der Waals surface area contributed by atoms with E-state index in [9.17, 15) is 4.79 Å². The van der Waals surface area contributed by atoms with Crippen molar-refractivity contribution in [1.29, 1.82) is 0 Å². The number of aliphatic hydroxyl groups excluding tert-OH is 1. The van der Waals surface area contributed by atoms with Crippen LogP contribution in [0, 0.1) is 5.92 Å². The molecule has 0 saturated carbocycles. The lowest BCUT2D eigenvalue weighted by atomic mass is 10.2. The van der Waals surface area contributed by atoms with Gasteiger partial charge < -0.3 is 21.5 Å². The third-order valence-electron chi connectivity index (χ3n) is 2.37. The number of aliphatic hydroxyl groups is 1. The van der Waals surface area contributed by atoms with Crippen molar-refractivity contribution >= 4 is 28.2 Å². The van der Waals surface area contributed by atoms with Gasteiger partial charge in [-0.1, -0.05) is 25.2 Å². The Morgan fingerprint density at radius 1 is 1.47 bits per heavy atom. The maximum absolute atomic E-state index is 11.9. The molecule has 1 aromatic rings. The first-order valence-corrected chi connectivity index (χ1v) is 7.18. The first-order valence-electron chi connectivity index (χ1n) is 6.36. The van der Waals surface area contributed by atoms with Crippen molar-refractivity contribution in [2.45, 2.75) is 33.3 Å². The maximum atomic E-state index is 11.9. The highest BCUT2D eigenvalue weighted by atomic mass is 32.1. The number of hydrogen-bond donors (Lipinski definition) is 4. The zero-order valence-corrected chi connectivity index (χ0v) is 12.4. The summed E-state index contributed by atoms with van der Waals surface area (Å²) in [6.07, 6.45) is 0.0884. The predicted octanol–water partition coefficient (Wildman–Crippen LogP) is 1.29. The number of amides is 1. The number of aromatic nitrogens is 1. The molecule has 0 radical (unpaired) electrons. The van der Waals surface area contributed by atoms with Gasteiger partial charge in [0.15, 0.2) is 5.13 Å². The van der Waals surface area contributed by atoms with Gasteiger partial charge in [0.2, 0.25) is 0 Å². The lowest BCUT2D eigenvalue weighted by molar-refractivity contribution is 0.0950. The van der Waals surface area contributed by atoms with E-state index >= 15 is 0 Å². The van der Waals surface area contributed by atoms with E-state index in [2.05, 4.69) is 29.5 Å². The zero-order valence-electron chi connectivity index (χ0n) is 11.6. The monoisotopic (exact) mass is 286 g/mol. The molecule has 1 rings (SSSR count). The Kier molecular flexibility index (Phi) is 6.04. The minimum Gasteiger partial charge on any atom is -0.393 e. The maximum Gasteiger partial charge on any atom is 0.265 e. The van der Waals surface area contributed by atoms with Gasteiger partial charge in [0.05, 0.1) is 6.10 Å². The third-order valence-corrected chi connectivity index (χ3v) is 3.40. The van der Waals surface area contributed by atoms with Crippen molar-refractivity contribution in [3.8, 4) is 0 Å². The van der Waals surface area contributed by atoms with Crippen LogP contribution >= 0.6 is 11.3 Å². The fraction of sp³-hybridized carbons (Fsp3) is 0.667. The van der Waals surface area contributed by atoms with Crippen molar-refractivity contribution in [3.63, 3.8) is 0 Å². The fourth-order valence-electron chi connectivity index (χ4n) is 1.34. The Labute approximate surface area is 117 Å². The molecule has 1 aromatic heterocycles. The molecule has 0 aliphatic carbocycles. The van der Waals surface area contributed by atoms with Crippen LogP contribution in [0.5, 0.6) is 0 Å². The Morgan fingerprint density at radius 2 is 2.16 bits per heavy atom. The molecule has 0 aliphatic rings. The average Bonchev–Trinajstić information content (AvgIpc) is 2.67. The van der Waals surface area contributed by atoms with Crippen LogP contribution in [0.1, 0.15) is 36.9 Å². The summed E-state index contributed by atoms with van der Waals surface area (Å²) in [7, 11) is 0. The number of anilines is 2. The number of carbonyl (C=O) groups is 1. The molecule has 0 bridgehead atoms. The van der Waals surface area contributed by atoms with E-state index in [1.54, 1.807) is 6.92 Å². The lowest BCUT2D eigenvalue weighted by Crippen LogP contribution is -2.26. The Morgan fingerprint density at radius 3 is 2.74 bits per heavy atom. The zero-order chi connectivity index (χ0) is 14.4. The first kappa shape index (κ1) is 15.7. The summed E-state index contributed by atoms with van der Waals surface area (Å²) in [6.45, 7) is 7.07. The molecule has 0 saturated heterocycles. The molecule has 108 valence electrons. The summed E-state index contributed by atoms with van der Waals surface area (Å²) < 4.78 is 0. The van der Waals surface area contributed by atoms with Crippen LogP contribution in [0.4, 0.5) is 10.9 Å². The quantitative estimate of drug-likeness (QED) is 0.605. The van der Waals surface area contributed by atoms with Gasteiger partial charge in [-0.3, -0.25) is 4.79 Å². The summed E-state index contributed by atoms with van der Waals surface area (Å²) >= 11 is 1.25. The van der Waals surface area contributed by atoms with Crippen LogP contribution in [0.2, 0.25) is 0 Å². The molecule has 0 aliphatic heterocycles. The van der Waals surface area contributed by atoms with Crippen molar-refractivity contribution in [2.24, 2.45) is 5.92 Å². The second-order valence-corrected chi connectivity index (χ2v) is 5.90. The third kappa shape index (κ3) is 5.44. The molecule has 1 heterocycles. The Hall–Kier alpha value is -1.34. The lowest BCUT2D eigenvalue weighted by Gasteiger charge is -2.05. The SMILES string of the molecule is CC(C)CNc1nc(N)c(C(=O)NCCC(C)O)s1. The average molecular weight is 286 g/mol. The molecule has 7 heteroatoms. The predicted molar refractivity (Wildman–Crippen MR) is 78.5 cm³/mol. The molecule has 1 atom stereocenters. The van der Waals surface area contributed by atoms with Crippen molar-refractivity contribution < 1.29 is 9.90 Å². The van der Waals surface area contributed by atoms with Gasteiger partial charge in [-0.15, -0.1) is 0 Å². The van der Waals surface area contributed by atoms with Gasteiger partial charge in [0, 0.05) is 13.1 Å². The largest absolute Gasteiger partial charge is 0.393 e. The number of nitrogens with one attached hydrogen (secondary N) is 2. The first-order chi connectivity index (χ1) is 8.90. The number of thiazole rings is 1. The van der Waals surface area contributed by atoms with Gasteiger partial charge >= 0.3 is 0 Å². The molecule has 1 unspecified atom stereocenters. The molecule has 0 spiro atoms. The molecule has 0 aromatic carbocycles. The van der Waals surface area contributed by atoms with E-state index in [-0.39, 0.29) is 11.7 Å². The second kappa shape index (κ2) is 7.30. The minimum absolute atomic E-state index is 0.241. The molecular formula is C12H22N4O2S. The molecule has 1 amide bonds. The number of nitrogen functional groups attached to an aromatic ring is 1. The van der Waals surface area contributed by atoms with E-state index in [0.717, 1.165) is 6.54 Å². The van der Waals surface area contributed by atoms with Crippen LogP contribution in [-0.2, 0) is 0 Å². The van der Waals surface area contributed by atoms with Gasteiger partial charge in [0.1, 0.15) is 10.7 Å². The van der Waals surface area contributed by atoms with Crippen LogP contribution < -0.4 is 16.4 Å². The van der Waals surface area contributed by atoms with E-state index in [1.807, 2.05) is 0 Å². The molecule has 6 nitrogen and oxygen atoms in total. The number of nitrogens with zero attached hydrogens (tertiary/aromatic N) is 1. The van der Waals surface area contributed by atoms with E-state index in [4.69, 9.17) is 10.8 Å². The van der Waals surface area contributed by atoms with Gasteiger partial charge in [-0.2, -0.15) is 0 Å². The summed E-state index contributed by atoms with van der Waals surface area (Å²) in [4.78, 5) is 16.4. The number of carbonyl (C=O) groups excluding carboxylic acids is 1. The summed E-state index contributed by atoms with van der Waals surface area (Å²) in [5.41, 5.74) is 5.73.